The molecule has 1 heterocycles. The lowest BCUT2D eigenvalue weighted by atomic mass is 9.95. The fraction of sp³-hybridized carbons (Fsp3) is 0.412. The highest BCUT2D eigenvalue weighted by atomic mass is 16.5. The Labute approximate surface area is 135 Å². The highest BCUT2D eigenvalue weighted by molar-refractivity contribution is 5.74. The second-order valence-corrected chi connectivity index (χ2v) is 5.74. The van der Waals surface area contributed by atoms with Gasteiger partial charge in [-0.1, -0.05) is 42.4 Å². The Balaban J connectivity index is 1.89. The summed E-state index contributed by atoms with van der Waals surface area (Å²) in [6.07, 6.45) is 1.25. The van der Waals surface area contributed by atoms with Crippen molar-refractivity contribution in [1.82, 2.24) is 15.8 Å². The zero-order chi connectivity index (χ0) is 16.7. The van der Waals surface area contributed by atoms with E-state index in [1.807, 2.05) is 50.2 Å². The molecule has 0 aliphatic rings. The first-order valence-corrected chi connectivity index (χ1v) is 7.74. The highest BCUT2D eigenvalue weighted by Crippen LogP contribution is 2.19. The van der Waals surface area contributed by atoms with Crippen LogP contribution < -0.4 is 10.6 Å². The molecule has 0 saturated carbocycles. The number of benzene rings is 1. The first-order valence-electron chi connectivity index (χ1n) is 7.74. The normalized spacial score (nSPS) is 13.3. The summed E-state index contributed by atoms with van der Waals surface area (Å²) in [7, 11) is 0. The van der Waals surface area contributed by atoms with Gasteiger partial charge >= 0.3 is 6.03 Å². The second-order valence-electron chi connectivity index (χ2n) is 5.74. The van der Waals surface area contributed by atoms with E-state index in [4.69, 9.17) is 9.63 Å². The van der Waals surface area contributed by atoms with Gasteiger partial charge in [0.2, 0.25) is 0 Å². The van der Waals surface area contributed by atoms with Crippen molar-refractivity contribution in [2.24, 2.45) is 0 Å². The lowest BCUT2D eigenvalue weighted by Gasteiger charge is -2.28. The van der Waals surface area contributed by atoms with Gasteiger partial charge in [0.25, 0.3) is 0 Å². The summed E-state index contributed by atoms with van der Waals surface area (Å²) < 4.78 is 5.29. The van der Waals surface area contributed by atoms with Crippen LogP contribution in [0.3, 0.4) is 0 Å². The van der Waals surface area contributed by atoms with Gasteiger partial charge in [-0.2, -0.15) is 0 Å². The SMILES string of the molecule is CCC(C)(CCO)NC(=O)NCc1cc(-c2ccccc2)on1. The summed E-state index contributed by atoms with van der Waals surface area (Å²) in [4.78, 5) is 12.0. The predicted molar refractivity (Wildman–Crippen MR) is 87.7 cm³/mol. The lowest BCUT2D eigenvalue weighted by Crippen LogP contribution is -2.50. The number of hydrogen-bond donors (Lipinski definition) is 3. The number of hydrogen-bond acceptors (Lipinski definition) is 4. The molecular formula is C17H23N3O3. The largest absolute Gasteiger partial charge is 0.396 e. The molecule has 2 amide bonds. The van der Waals surface area contributed by atoms with Crippen molar-refractivity contribution < 1.29 is 14.4 Å². The number of carbonyl (C=O) groups excluding carboxylic acids is 1. The van der Waals surface area contributed by atoms with Crippen LogP contribution in [0.15, 0.2) is 40.9 Å². The summed E-state index contributed by atoms with van der Waals surface area (Å²) >= 11 is 0. The van der Waals surface area contributed by atoms with E-state index < -0.39 is 5.54 Å². The van der Waals surface area contributed by atoms with Crippen molar-refractivity contribution in [2.75, 3.05) is 6.61 Å². The third kappa shape index (κ3) is 4.82. The minimum absolute atomic E-state index is 0.0361. The molecule has 6 nitrogen and oxygen atoms in total. The van der Waals surface area contributed by atoms with E-state index in [1.165, 1.54) is 0 Å². The Bertz CT molecular complexity index is 627. The van der Waals surface area contributed by atoms with Crippen LogP contribution in [-0.2, 0) is 6.54 Å². The molecule has 0 aliphatic carbocycles. The Morgan fingerprint density at radius 2 is 2.09 bits per heavy atom. The third-order valence-corrected chi connectivity index (χ3v) is 3.91. The molecule has 23 heavy (non-hydrogen) atoms. The summed E-state index contributed by atoms with van der Waals surface area (Å²) in [5, 5.41) is 18.7. The average Bonchev–Trinajstić information content (AvgIpc) is 3.03. The highest BCUT2D eigenvalue weighted by Gasteiger charge is 2.23. The molecular weight excluding hydrogens is 294 g/mol. The molecule has 0 radical (unpaired) electrons. The van der Waals surface area contributed by atoms with E-state index in [-0.39, 0.29) is 19.2 Å². The van der Waals surface area contributed by atoms with Gasteiger partial charge in [-0.05, 0) is 19.8 Å². The van der Waals surface area contributed by atoms with E-state index >= 15 is 0 Å². The van der Waals surface area contributed by atoms with E-state index in [2.05, 4.69) is 15.8 Å². The van der Waals surface area contributed by atoms with E-state index in [9.17, 15) is 4.79 Å². The number of carbonyl (C=O) groups is 1. The van der Waals surface area contributed by atoms with E-state index in [1.54, 1.807) is 0 Å². The zero-order valence-corrected chi connectivity index (χ0v) is 13.5. The molecule has 3 N–H and O–H groups in total. The number of amides is 2. The van der Waals surface area contributed by atoms with Crippen LogP contribution in [-0.4, -0.2) is 28.4 Å². The minimum atomic E-state index is -0.419. The maximum absolute atomic E-state index is 12.0. The summed E-state index contributed by atoms with van der Waals surface area (Å²) in [5.74, 6) is 0.668. The third-order valence-electron chi connectivity index (χ3n) is 3.91. The number of rotatable bonds is 7. The van der Waals surface area contributed by atoms with Gasteiger partial charge in [-0.15, -0.1) is 0 Å². The molecule has 0 fully saturated rings. The summed E-state index contributed by atoms with van der Waals surface area (Å²) in [6, 6.07) is 11.2. The van der Waals surface area contributed by atoms with Crippen LogP contribution in [0.5, 0.6) is 0 Å². The van der Waals surface area contributed by atoms with Gasteiger partial charge < -0.3 is 20.3 Å². The van der Waals surface area contributed by atoms with Crippen molar-refractivity contribution in [2.45, 2.75) is 38.8 Å². The van der Waals surface area contributed by atoms with Gasteiger partial charge in [-0.25, -0.2) is 4.79 Å². The average molecular weight is 317 g/mol. The first-order chi connectivity index (χ1) is 11.1. The van der Waals surface area contributed by atoms with Crippen LogP contribution in [0.4, 0.5) is 4.79 Å². The summed E-state index contributed by atoms with van der Waals surface area (Å²) in [6.45, 7) is 4.20. The fourth-order valence-corrected chi connectivity index (χ4v) is 2.20. The van der Waals surface area contributed by atoms with E-state index in [0.29, 0.717) is 17.9 Å². The topological polar surface area (TPSA) is 87.4 Å². The molecule has 6 heteroatoms. The van der Waals surface area contributed by atoms with Gasteiger partial charge in [0.05, 0.1) is 6.54 Å². The van der Waals surface area contributed by atoms with Crippen molar-refractivity contribution in [3.63, 3.8) is 0 Å². The second kappa shape index (κ2) is 7.78. The Hall–Kier alpha value is -2.34. The molecule has 0 spiro atoms. The smallest absolute Gasteiger partial charge is 0.315 e. The van der Waals surface area contributed by atoms with Gasteiger partial charge in [0.1, 0.15) is 5.69 Å². The Morgan fingerprint density at radius 3 is 2.74 bits per heavy atom. The number of nitrogens with zero attached hydrogens (tertiary/aromatic N) is 1. The standard InChI is InChI=1S/C17H23N3O3/c1-3-17(2,9-10-21)19-16(22)18-12-14-11-15(23-20-14)13-7-5-4-6-8-13/h4-8,11,21H,3,9-10,12H2,1-2H3,(H2,18,19,22). The zero-order valence-electron chi connectivity index (χ0n) is 13.5. The van der Waals surface area contributed by atoms with Gasteiger partial charge in [0, 0.05) is 23.8 Å². The van der Waals surface area contributed by atoms with Crippen molar-refractivity contribution in [3.8, 4) is 11.3 Å². The maximum atomic E-state index is 12.0. The number of aliphatic hydroxyl groups is 1. The molecule has 0 aliphatic heterocycles. The van der Waals surface area contributed by atoms with Crippen molar-refractivity contribution >= 4 is 6.03 Å². The molecule has 1 atom stereocenters. The Morgan fingerprint density at radius 1 is 1.35 bits per heavy atom. The molecule has 124 valence electrons. The molecule has 2 rings (SSSR count). The van der Waals surface area contributed by atoms with Crippen molar-refractivity contribution in [1.29, 1.82) is 0 Å². The molecule has 2 aromatic rings. The number of aromatic nitrogens is 1. The minimum Gasteiger partial charge on any atom is -0.396 e. The number of urea groups is 1. The van der Waals surface area contributed by atoms with Gasteiger partial charge in [0.15, 0.2) is 5.76 Å². The van der Waals surface area contributed by atoms with Crippen LogP contribution in [0, 0.1) is 0 Å². The van der Waals surface area contributed by atoms with Crippen LogP contribution in [0.2, 0.25) is 0 Å². The molecule has 1 unspecified atom stereocenters. The molecule has 1 aromatic heterocycles. The summed E-state index contributed by atoms with van der Waals surface area (Å²) in [5.41, 5.74) is 1.18. The predicted octanol–water partition coefficient (Wildman–Crippen LogP) is 2.69. The van der Waals surface area contributed by atoms with Crippen LogP contribution >= 0.6 is 0 Å². The fourth-order valence-electron chi connectivity index (χ4n) is 2.20. The van der Waals surface area contributed by atoms with E-state index in [0.717, 1.165) is 12.0 Å². The number of aliphatic hydroxyl groups excluding tert-OH is 1. The monoisotopic (exact) mass is 317 g/mol. The lowest BCUT2D eigenvalue weighted by molar-refractivity contribution is 0.200. The quantitative estimate of drug-likeness (QED) is 0.732. The van der Waals surface area contributed by atoms with Crippen LogP contribution in [0.1, 0.15) is 32.4 Å². The molecule has 0 saturated heterocycles. The van der Waals surface area contributed by atoms with Crippen molar-refractivity contribution in [3.05, 3.63) is 42.1 Å². The number of nitrogens with one attached hydrogen (secondary N) is 2. The maximum Gasteiger partial charge on any atom is 0.315 e. The first kappa shape index (κ1) is 17.0. The van der Waals surface area contributed by atoms with Gasteiger partial charge in [-0.3, -0.25) is 0 Å². The van der Waals surface area contributed by atoms with Crippen LogP contribution in [0.25, 0.3) is 11.3 Å². The Kier molecular flexibility index (Phi) is 5.76. The molecule has 0 bridgehead atoms. The molecule has 1 aromatic carbocycles.